The molecule has 1 fully saturated rings. The maximum atomic E-state index is 11.9. The summed E-state index contributed by atoms with van der Waals surface area (Å²) in [5, 5.41) is 9.03. The Morgan fingerprint density at radius 1 is 1.09 bits per heavy atom. The number of carboxylic acid groups (broad SMARTS) is 1. The van der Waals surface area contributed by atoms with Crippen molar-refractivity contribution in [2.24, 2.45) is 5.92 Å². The molecule has 1 N–H and O–H groups in total. The lowest BCUT2D eigenvalue weighted by Gasteiger charge is -2.16. The van der Waals surface area contributed by atoms with Crippen molar-refractivity contribution in [2.45, 2.75) is 13.0 Å². The van der Waals surface area contributed by atoms with Crippen molar-refractivity contribution in [2.75, 3.05) is 6.54 Å². The number of carbonyl (C=O) groups is 2. The molecule has 0 aliphatic carbocycles. The minimum Gasteiger partial charge on any atom is -0.481 e. The van der Waals surface area contributed by atoms with Gasteiger partial charge in [-0.1, -0.05) is 48.5 Å². The molecule has 112 valence electrons. The van der Waals surface area contributed by atoms with Crippen molar-refractivity contribution in [1.82, 2.24) is 4.90 Å². The third-order valence-corrected chi connectivity index (χ3v) is 3.97. The summed E-state index contributed by atoms with van der Waals surface area (Å²) < 4.78 is 0. The van der Waals surface area contributed by atoms with Gasteiger partial charge in [-0.15, -0.1) is 0 Å². The second kappa shape index (κ2) is 6.02. The van der Waals surface area contributed by atoms with Gasteiger partial charge in [0.2, 0.25) is 5.91 Å². The van der Waals surface area contributed by atoms with Gasteiger partial charge in [-0.3, -0.25) is 9.59 Å². The number of likely N-dealkylation sites (tertiary alicyclic amines) is 1. The molecule has 1 aliphatic rings. The summed E-state index contributed by atoms with van der Waals surface area (Å²) in [5.74, 6) is -1.56. The predicted octanol–water partition coefficient (Wildman–Crippen LogP) is 2.79. The molecule has 22 heavy (non-hydrogen) atoms. The Hall–Kier alpha value is -2.62. The van der Waals surface area contributed by atoms with E-state index >= 15 is 0 Å². The van der Waals surface area contributed by atoms with E-state index in [1.54, 1.807) is 4.90 Å². The summed E-state index contributed by atoms with van der Waals surface area (Å²) in [5.41, 5.74) is 3.24. The van der Waals surface area contributed by atoms with Crippen LogP contribution in [0.15, 0.2) is 54.6 Å². The molecular weight excluding hydrogens is 278 g/mol. The van der Waals surface area contributed by atoms with E-state index < -0.39 is 11.9 Å². The highest BCUT2D eigenvalue weighted by molar-refractivity contribution is 5.86. The second-order valence-electron chi connectivity index (χ2n) is 5.58. The van der Waals surface area contributed by atoms with Crippen LogP contribution in [0, 0.1) is 5.92 Å². The van der Waals surface area contributed by atoms with E-state index in [0.717, 1.165) is 16.7 Å². The van der Waals surface area contributed by atoms with Gasteiger partial charge in [-0.05, 0) is 22.8 Å². The van der Waals surface area contributed by atoms with Crippen molar-refractivity contribution < 1.29 is 14.7 Å². The summed E-state index contributed by atoms with van der Waals surface area (Å²) >= 11 is 0. The zero-order chi connectivity index (χ0) is 15.5. The number of hydrogen-bond donors (Lipinski definition) is 1. The number of nitrogens with zero attached hydrogens (tertiary/aromatic N) is 1. The van der Waals surface area contributed by atoms with Crippen LogP contribution in [-0.2, 0) is 16.1 Å². The second-order valence-corrected chi connectivity index (χ2v) is 5.58. The Kier molecular flexibility index (Phi) is 3.92. The monoisotopic (exact) mass is 295 g/mol. The van der Waals surface area contributed by atoms with Crippen LogP contribution < -0.4 is 0 Å². The maximum absolute atomic E-state index is 11.9. The molecule has 1 aliphatic heterocycles. The van der Waals surface area contributed by atoms with Crippen molar-refractivity contribution in [1.29, 1.82) is 0 Å². The smallest absolute Gasteiger partial charge is 0.308 e. The quantitative estimate of drug-likeness (QED) is 0.943. The molecule has 1 heterocycles. The van der Waals surface area contributed by atoms with Gasteiger partial charge in [-0.25, -0.2) is 0 Å². The Bertz CT molecular complexity index is 696. The molecule has 0 aromatic heterocycles. The largest absolute Gasteiger partial charge is 0.481 e. The maximum Gasteiger partial charge on any atom is 0.308 e. The highest BCUT2D eigenvalue weighted by Gasteiger charge is 2.34. The van der Waals surface area contributed by atoms with Crippen LogP contribution in [0.1, 0.15) is 12.0 Å². The molecule has 4 nitrogen and oxygen atoms in total. The van der Waals surface area contributed by atoms with Gasteiger partial charge in [0.15, 0.2) is 0 Å². The highest BCUT2D eigenvalue weighted by atomic mass is 16.4. The molecule has 1 saturated heterocycles. The van der Waals surface area contributed by atoms with Crippen LogP contribution >= 0.6 is 0 Å². The van der Waals surface area contributed by atoms with Gasteiger partial charge < -0.3 is 10.0 Å². The van der Waals surface area contributed by atoms with Gasteiger partial charge in [0.25, 0.3) is 0 Å². The van der Waals surface area contributed by atoms with E-state index in [2.05, 4.69) is 6.07 Å². The van der Waals surface area contributed by atoms with Crippen molar-refractivity contribution in [3.63, 3.8) is 0 Å². The van der Waals surface area contributed by atoms with Crippen LogP contribution in [0.4, 0.5) is 0 Å². The van der Waals surface area contributed by atoms with E-state index in [4.69, 9.17) is 5.11 Å². The SMILES string of the molecule is O=C(O)C1CC(=O)N(Cc2cccc(-c3ccccc3)c2)C1. The normalized spacial score (nSPS) is 17.7. The van der Waals surface area contributed by atoms with Crippen molar-refractivity contribution in [3.05, 3.63) is 60.2 Å². The number of hydrogen-bond acceptors (Lipinski definition) is 2. The van der Waals surface area contributed by atoms with Crippen molar-refractivity contribution in [3.8, 4) is 11.1 Å². The summed E-state index contributed by atoms with van der Waals surface area (Å²) in [6, 6.07) is 18.1. The van der Waals surface area contributed by atoms with E-state index in [-0.39, 0.29) is 12.3 Å². The first kappa shape index (κ1) is 14.3. The lowest BCUT2D eigenvalue weighted by atomic mass is 10.0. The predicted molar refractivity (Wildman–Crippen MR) is 83.0 cm³/mol. The third-order valence-electron chi connectivity index (χ3n) is 3.97. The van der Waals surface area contributed by atoms with Crippen LogP contribution in [0.3, 0.4) is 0 Å². The van der Waals surface area contributed by atoms with E-state index in [1.807, 2.05) is 48.5 Å². The Morgan fingerprint density at radius 2 is 1.82 bits per heavy atom. The number of amides is 1. The molecular formula is C18H17NO3. The Balaban J connectivity index is 1.77. The average Bonchev–Trinajstić information content (AvgIpc) is 2.90. The average molecular weight is 295 g/mol. The lowest BCUT2D eigenvalue weighted by molar-refractivity contribution is -0.141. The first-order chi connectivity index (χ1) is 10.6. The van der Waals surface area contributed by atoms with Gasteiger partial charge >= 0.3 is 5.97 Å². The molecule has 3 rings (SSSR count). The molecule has 1 amide bonds. The zero-order valence-electron chi connectivity index (χ0n) is 12.1. The zero-order valence-corrected chi connectivity index (χ0v) is 12.1. The Labute approximate surface area is 129 Å². The number of rotatable bonds is 4. The molecule has 1 atom stereocenters. The minimum absolute atomic E-state index is 0.0856. The summed E-state index contributed by atoms with van der Waals surface area (Å²) in [7, 11) is 0. The standard InChI is InChI=1S/C18H17NO3/c20-17-10-16(18(21)22)12-19(17)11-13-5-4-8-15(9-13)14-6-2-1-3-7-14/h1-9,16H,10-12H2,(H,21,22). The topological polar surface area (TPSA) is 57.6 Å². The van der Waals surface area contributed by atoms with Gasteiger partial charge in [0, 0.05) is 19.5 Å². The van der Waals surface area contributed by atoms with Crippen LogP contribution in [0.25, 0.3) is 11.1 Å². The van der Waals surface area contributed by atoms with Crippen molar-refractivity contribution >= 4 is 11.9 Å². The van der Waals surface area contributed by atoms with E-state index in [9.17, 15) is 9.59 Å². The molecule has 0 bridgehead atoms. The molecule has 0 spiro atoms. The summed E-state index contributed by atoms with van der Waals surface area (Å²) in [6.07, 6.45) is 0.105. The number of aliphatic carboxylic acids is 1. The summed E-state index contributed by atoms with van der Waals surface area (Å²) in [6.45, 7) is 0.757. The molecule has 4 heteroatoms. The van der Waals surface area contributed by atoms with Gasteiger partial charge in [0.1, 0.15) is 0 Å². The molecule has 2 aromatic carbocycles. The first-order valence-corrected chi connectivity index (χ1v) is 7.28. The summed E-state index contributed by atoms with van der Waals surface area (Å²) in [4.78, 5) is 24.5. The third kappa shape index (κ3) is 3.01. The Morgan fingerprint density at radius 3 is 2.50 bits per heavy atom. The molecule has 1 unspecified atom stereocenters. The number of carbonyl (C=O) groups excluding carboxylic acids is 1. The fourth-order valence-electron chi connectivity index (χ4n) is 2.79. The van der Waals surface area contributed by atoms with Crippen LogP contribution in [0.5, 0.6) is 0 Å². The van der Waals surface area contributed by atoms with E-state index in [0.29, 0.717) is 13.1 Å². The lowest BCUT2D eigenvalue weighted by Crippen LogP contribution is -2.25. The molecule has 2 aromatic rings. The number of carboxylic acids is 1. The minimum atomic E-state index is -0.895. The molecule has 0 saturated carbocycles. The number of benzene rings is 2. The molecule has 0 radical (unpaired) electrons. The van der Waals surface area contributed by atoms with E-state index in [1.165, 1.54) is 0 Å². The van der Waals surface area contributed by atoms with Crippen LogP contribution in [-0.4, -0.2) is 28.4 Å². The fourth-order valence-corrected chi connectivity index (χ4v) is 2.79. The van der Waals surface area contributed by atoms with Crippen LogP contribution in [0.2, 0.25) is 0 Å². The van der Waals surface area contributed by atoms with Gasteiger partial charge in [-0.2, -0.15) is 0 Å². The highest BCUT2D eigenvalue weighted by Crippen LogP contribution is 2.23. The fraction of sp³-hybridized carbons (Fsp3) is 0.222. The van der Waals surface area contributed by atoms with Gasteiger partial charge in [0.05, 0.1) is 5.92 Å². The first-order valence-electron chi connectivity index (χ1n) is 7.28.